The van der Waals surface area contributed by atoms with Gasteiger partial charge < -0.3 is 14.6 Å². The third kappa shape index (κ3) is 2.57. The molecule has 132 valence electrons. The Bertz CT molecular complexity index is 1090. The van der Waals surface area contributed by atoms with E-state index in [-0.39, 0.29) is 16.6 Å². The number of nitrogens with zero attached hydrogens (tertiary/aromatic N) is 3. The number of pyridine rings is 1. The fourth-order valence-corrected chi connectivity index (χ4v) is 2.84. The first kappa shape index (κ1) is 17.2. The number of fused-ring (bicyclic) bond motifs is 1. The number of carbonyl (C=O) groups is 1. The number of hydrogen-bond donors (Lipinski definition) is 1. The number of nitro benzene ring substituents is 1. The fraction of sp³-hybridized carbons (Fsp3) is 0.111. The van der Waals surface area contributed by atoms with Crippen LogP contribution in [0.3, 0.4) is 0 Å². The van der Waals surface area contributed by atoms with Crippen LogP contribution in [0.4, 0.5) is 11.4 Å². The van der Waals surface area contributed by atoms with Crippen LogP contribution in [-0.4, -0.2) is 27.6 Å². The summed E-state index contributed by atoms with van der Waals surface area (Å²) in [6.07, 6.45) is 0. The van der Waals surface area contributed by atoms with E-state index in [0.29, 0.717) is 5.69 Å². The van der Waals surface area contributed by atoms with Gasteiger partial charge in [0.2, 0.25) is 0 Å². The fourth-order valence-electron chi connectivity index (χ4n) is 2.84. The highest BCUT2D eigenvalue weighted by atomic mass is 16.6. The molecule has 8 heteroatoms. The largest absolute Gasteiger partial charge is 0.506 e. The molecule has 3 rings (SSSR count). The zero-order valence-corrected chi connectivity index (χ0v) is 14.0. The molecule has 0 saturated carbocycles. The Morgan fingerprint density at radius 2 is 1.81 bits per heavy atom. The Morgan fingerprint density at radius 1 is 1.15 bits per heavy atom. The van der Waals surface area contributed by atoms with Crippen LogP contribution in [0, 0.1) is 10.1 Å². The molecule has 0 aliphatic carbocycles. The second-order valence-electron chi connectivity index (χ2n) is 5.72. The lowest BCUT2D eigenvalue weighted by molar-refractivity contribution is -0.383. The molecule has 26 heavy (non-hydrogen) atoms. The number of aromatic nitrogens is 1. The lowest BCUT2D eigenvalue weighted by Gasteiger charge is -2.19. The molecule has 1 heterocycles. The van der Waals surface area contributed by atoms with Crippen molar-refractivity contribution in [2.75, 3.05) is 11.9 Å². The number of non-ortho nitro benzene ring substituents is 1. The average molecular weight is 353 g/mol. The van der Waals surface area contributed by atoms with Gasteiger partial charge in [-0.05, 0) is 18.2 Å². The number of para-hydroxylation sites is 1. The van der Waals surface area contributed by atoms with Crippen molar-refractivity contribution < 1.29 is 14.8 Å². The first-order valence-corrected chi connectivity index (χ1v) is 7.66. The zero-order chi connectivity index (χ0) is 19.0. The molecule has 0 spiro atoms. The van der Waals surface area contributed by atoms with E-state index in [1.165, 1.54) is 37.2 Å². The number of carbonyl (C=O) groups excluding carboxylic acids is 1. The van der Waals surface area contributed by atoms with Gasteiger partial charge in [-0.3, -0.25) is 19.7 Å². The molecule has 8 nitrogen and oxygen atoms in total. The summed E-state index contributed by atoms with van der Waals surface area (Å²) in [6, 6.07) is 12.7. The zero-order valence-electron chi connectivity index (χ0n) is 14.0. The number of nitro groups is 1. The van der Waals surface area contributed by atoms with Crippen molar-refractivity contribution in [1.82, 2.24) is 4.57 Å². The summed E-state index contributed by atoms with van der Waals surface area (Å²) >= 11 is 0. The van der Waals surface area contributed by atoms with Crippen molar-refractivity contribution >= 4 is 28.2 Å². The summed E-state index contributed by atoms with van der Waals surface area (Å²) in [5, 5.41) is 21.7. The van der Waals surface area contributed by atoms with Gasteiger partial charge >= 0.3 is 0 Å². The summed E-state index contributed by atoms with van der Waals surface area (Å²) in [5.41, 5.74) is -0.946. The van der Waals surface area contributed by atoms with Crippen LogP contribution in [0.5, 0.6) is 5.75 Å². The van der Waals surface area contributed by atoms with Gasteiger partial charge in [0.25, 0.3) is 17.2 Å². The minimum atomic E-state index is -0.755. The Hall–Kier alpha value is -3.68. The minimum Gasteiger partial charge on any atom is -0.506 e. The van der Waals surface area contributed by atoms with Crippen LogP contribution in [0.25, 0.3) is 10.9 Å². The molecule has 1 N–H and O–H groups in total. The third-order valence-electron chi connectivity index (χ3n) is 4.23. The first-order valence-electron chi connectivity index (χ1n) is 7.66. The number of amides is 1. The van der Waals surface area contributed by atoms with Crippen LogP contribution in [0.2, 0.25) is 0 Å². The molecular formula is C18H15N3O5. The van der Waals surface area contributed by atoms with E-state index in [9.17, 15) is 24.8 Å². The van der Waals surface area contributed by atoms with E-state index >= 15 is 0 Å². The Balaban J connectivity index is 2.30. The molecule has 2 aromatic carbocycles. The second-order valence-corrected chi connectivity index (χ2v) is 5.72. The summed E-state index contributed by atoms with van der Waals surface area (Å²) in [7, 11) is 2.85. The summed E-state index contributed by atoms with van der Waals surface area (Å²) in [6.45, 7) is 0. The average Bonchev–Trinajstić information content (AvgIpc) is 2.65. The SMILES string of the molecule is CN(C(=O)c1c(O)c2c([N+](=O)[O-])cccc2n(C)c1=O)c1ccccc1. The van der Waals surface area contributed by atoms with Crippen LogP contribution < -0.4 is 10.5 Å². The maximum absolute atomic E-state index is 12.8. The smallest absolute Gasteiger partial charge is 0.282 e. The molecule has 0 bridgehead atoms. The Kier molecular flexibility index (Phi) is 4.17. The van der Waals surface area contributed by atoms with E-state index in [2.05, 4.69) is 0 Å². The Morgan fingerprint density at radius 3 is 2.42 bits per heavy atom. The van der Waals surface area contributed by atoms with Crippen molar-refractivity contribution in [2.24, 2.45) is 7.05 Å². The molecule has 0 saturated heterocycles. The van der Waals surface area contributed by atoms with Gasteiger partial charge in [-0.2, -0.15) is 0 Å². The molecule has 1 aromatic heterocycles. The van der Waals surface area contributed by atoms with E-state index < -0.39 is 27.7 Å². The molecule has 0 atom stereocenters. The molecular weight excluding hydrogens is 338 g/mol. The highest BCUT2D eigenvalue weighted by Gasteiger charge is 2.28. The van der Waals surface area contributed by atoms with E-state index in [4.69, 9.17) is 0 Å². The molecule has 1 amide bonds. The van der Waals surface area contributed by atoms with Crippen molar-refractivity contribution in [3.8, 4) is 5.75 Å². The van der Waals surface area contributed by atoms with E-state index in [0.717, 1.165) is 4.57 Å². The summed E-state index contributed by atoms with van der Waals surface area (Å²) < 4.78 is 1.12. The molecule has 0 radical (unpaired) electrons. The number of aryl methyl sites for hydroxylation is 1. The molecule has 0 unspecified atom stereocenters. The van der Waals surface area contributed by atoms with Crippen LogP contribution in [0.1, 0.15) is 10.4 Å². The van der Waals surface area contributed by atoms with Crippen molar-refractivity contribution in [1.29, 1.82) is 0 Å². The quantitative estimate of drug-likeness (QED) is 0.575. The highest BCUT2D eigenvalue weighted by molar-refractivity contribution is 6.11. The highest BCUT2D eigenvalue weighted by Crippen LogP contribution is 2.34. The van der Waals surface area contributed by atoms with Crippen LogP contribution in [-0.2, 0) is 7.05 Å². The normalized spacial score (nSPS) is 10.7. The lowest BCUT2D eigenvalue weighted by Crippen LogP contribution is -2.34. The van der Waals surface area contributed by atoms with Gasteiger partial charge in [0, 0.05) is 25.8 Å². The lowest BCUT2D eigenvalue weighted by atomic mass is 10.1. The van der Waals surface area contributed by atoms with Crippen molar-refractivity contribution in [3.05, 3.63) is 74.6 Å². The van der Waals surface area contributed by atoms with E-state index in [1.807, 2.05) is 0 Å². The molecule has 0 fully saturated rings. The Labute approximate surface area is 147 Å². The monoisotopic (exact) mass is 353 g/mol. The predicted molar refractivity (Wildman–Crippen MR) is 96.7 cm³/mol. The van der Waals surface area contributed by atoms with Crippen molar-refractivity contribution in [2.45, 2.75) is 0 Å². The van der Waals surface area contributed by atoms with Gasteiger partial charge in [0.05, 0.1) is 10.4 Å². The maximum atomic E-state index is 12.8. The first-order chi connectivity index (χ1) is 12.3. The molecule has 0 aliphatic rings. The predicted octanol–water partition coefficient (Wildman–Crippen LogP) is 2.43. The maximum Gasteiger partial charge on any atom is 0.282 e. The van der Waals surface area contributed by atoms with Gasteiger partial charge in [-0.1, -0.05) is 24.3 Å². The van der Waals surface area contributed by atoms with Gasteiger partial charge in [0.15, 0.2) is 0 Å². The van der Waals surface area contributed by atoms with Gasteiger partial charge in [0.1, 0.15) is 16.7 Å². The number of anilines is 1. The number of benzene rings is 2. The third-order valence-corrected chi connectivity index (χ3v) is 4.23. The van der Waals surface area contributed by atoms with E-state index in [1.54, 1.807) is 30.3 Å². The van der Waals surface area contributed by atoms with Crippen molar-refractivity contribution in [3.63, 3.8) is 0 Å². The number of rotatable bonds is 3. The second kappa shape index (κ2) is 6.32. The number of aromatic hydroxyl groups is 1. The number of hydrogen-bond acceptors (Lipinski definition) is 5. The molecule has 0 aliphatic heterocycles. The summed E-state index contributed by atoms with van der Waals surface area (Å²) in [5.74, 6) is -1.45. The summed E-state index contributed by atoms with van der Waals surface area (Å²) in [4.78, 5) is 37.3. The molecule has 3 aromatic rings. The van der Waals surface area contributed by atoms with Gasteiger partial charge in [-0.15, -0.1) is 0 Å². The topological polar surface area (TPSA) is 106 Å². The standard InChI is InChI=1S/C18H15N3O5/c1-19(11-7-4-3-5-8-11)17(23)15-16(22)14-12(20(2)18(15)24)9-6-10-13(14)21(25)26/h3-10,22H,1-2H3. The van der Waals surface area contributed by atoms with Crippen LogP contribution in [0.15, 0.2) is 53.3 Å². The van der Waals surface area contributed by atoms with Crippen LogP contribution >= 0.6 is 0 Å². The van der Waals surface area contributed by atoms with Gasteiger partial charge in [-0.25, -0.2) is 0 Å². The minimum absolute atomic E-state index is 0.149.